The molecule has 36 heavy (non-hydrogen) atoms. The van der Waals surface area contributed by atoms with Gasteiger partial charge < -0.3 is 5.32 Å². The number of benzene rings is 3. The molecule has 0 radical (unpaired) electrons. The van der Waals surface area contributed by atoms with Crippen LogP contribution in [0.4, 0.5) is 14.5 Å². The first-order valence-corrected chi connectivity index (χ1v) is 12.4. The van der Waals surface area contributed by atoms with Crippen molar-refractivity contribution in [3.63, 3.8) is 0 Å². The normalized spacial score (nSPS) is 18.2. The minimum Gasteiger partial charge on any atom is -0.378 e. The van der Waals surface area contributed by atoms with Crippen LogP contribution in [0.1, 0.15) is 58.5 Å². The average molecular weight is 490 g/mol. The molecule has 0 aromatic heterocycles. The zero-order valence-corrected chi connectivity index (χ0v) is 20.2. The summed E-state index contributed by atoms with van der Waals surface area (Å²) < 4.78 is 27.1. The first-order chi connectivity index (χ1) is 17.5. The molecule has 2 amide bonds. The highest BCUT2D eigenvalue weighted by Gasteiger charge is 2.42. The Bertz CT molecular complexity index is 1200. The number of piperidine rings is 1. The summed E-state index contributed by atoms with van der Waals surface area (Å²) in [5.41, 5.74) is 2.70. The third kappa shape index (κ3) is 4.63. The summed E-state index contributed by atoms with van der Waals surface area (Å²) in [7, 11) is 0. The standard InChI is InChI=1S/C29H29F2N3O2/c1-2-26(34-28(35)24-5-3-4-6-25(24)29(34)36)33-17-15-20(16-18-33)27(19-7-9-21(30)10-8-19)32-23-13-11-22(31)12-14-23/h3-14,20,26-27,32H,2,15-18H2,1H3. The van der Waals surface area contributed by atoms with Crippen LogP contribution in [0.2, 0.25) is 0 Å². The summed E-state index contributed by atoms with van der Waals surface area (Å²) in [4.78, 5) is 29.8. The summed E-state index contributed by atoms with van der Waals surface area (Å²) in [6, 6.07) is 19.6. The fraction of sp³-hybridized carbons (Fsp3) is 0.310. The second kappa shape index (κ2) is 10.2. The van der Waals surface area contributed by atoms with Gasteiger partial charge >= 0.3 is 0 Å². The van der Waals surface area contributed by atoms with Gasteiger partial charge in [0, 0.05) is 18.8 Å². The number of imide groups is 1. The number of amides is 2. The number of carbonyl (C=O) groups excluding carboxylic acids is 2. The average Bonchev–Trinajstić information content (AvgIpc) is 3.15. The fourth-order valence-corrected chi connectivity index (χ4v) is 5.50. The first kappa shape index (κ1) is 24.1. The number of anilines is 1. The number of nitrogens with one attached hydrogen (secondary N) is 1. The summed E-state index contributed by atoms with van der Waals surface area (Å²) in [5, 5.41) is 3.52. The highest BCUT2D eigenvalue weighted by Crippen LogP contribution is 2.36. The van der Waals surface area contributed by atoms with Crippen molar-refractivity contribution in [2.45, 2.75) is 38.4 Å². The molecule has 3 aromatic carbocycles. The Morgan fingerprint density at radius 1 is 0.833 bits per heavy atom. The van der Waals surface area contributed by atoms with Crippen molar-refractivity contribution < 1.29 is 18.4 Å². The van der Waals surface area contributed by atoms with E-state index in [1.54, 1.807) is 48.5 Å². The first-order valence-electron chi connectivity index (χ1n) is 12.4. The molecule has 2 aliphatic heterocycles. The lowest BCUT2D eigenvalue weighted by Crippen LogP contribution is -2.53. The van der Waals surface area contributed by atoms with Crippen LogP contribution in [0, 0.1) is 17.6 Å². The lowest BCUT2D eigenvalue weighted by Gasteiger charge is -2.42. The van der Waals surface area contributed by atoms with Crippen LogP contribution in [0.15, 0.2) is 72.8 Å². The predicted octanol–water partition coefficient (Wildman–Crippen LogP) is 5.86. The molecule has 0 bridgehead atoms. The van der Waals surface area contributed by atoms with Gasteiger partial charge in [-0.15, -0.1) is 0 Å². The van der Waals surface area contributed by atoms with E-state index in [-0.39, 0.29) is 41.6 Å². The monoisotopic (exact) mass is 489 g/mol. The number of fused-ring (bicyclic) bond motifs is 1. The maximum absolute atomic E-state index is 13.6. The molecule has 2 heterocycles. The van der Waals surface area contributed by atoms with E-state index in [2.05, 4.69) is 10.2 Å². The summed E-state index contributed by atoms with van der Waals surface area (Å²) in [6.45, 7) is 3.44. The summed E-state index contributed by atoms with van der Waals surface area (Å²) >= 11 is 0. The van der Waals surface area contributed by atoms with Crippen LogP contribution in [0.5, 0.6) is 0 Å². The Labute approximate surface area is 209 Å². The van der Waals surface area contributed by atoms with Crippen molar-refractivity contribution >= 4 is 17.5 Å². The maximum Gasteiger partial charge on any atom is 0.262 e. The Morgan fingerprint density at radius 3 is 1.89 bits per heavy atom. The largest absolute Gasteiger partial charge is 0.378 e. The van der Waals surface area contributed by atoms with Gasteiger partial charge in [0.05, 0.1) is 23.3 Å². The van der Waals surface area contributed by atoms with Crippen LogP contribution >= 0.6 is 0 Å². The quantitative estimate of drug-likeness (QED) is 0.422. The number of nitrogens with zero attached hydrogens (tertiary/aromatic N) is 2. The van der Waals surface area contributed by atoms with E-state index >= 15 is 0 Å². The van der Waals surface area contributed by atoms with E-state index in [9.17, 15) is 18.4 Å². The third-order valence-corrected chi connectivity index (χ3v) is 7.35. The minimum absolute atomic E-state index is 0.0856. The van der Waals surface area contributed by atoms with E-state index < -0.39 is 0 Å². The predicted molar refractivity (Wildman–Crippen MR) is 134 cm³/mol. The van der Waals surface area contributed by atoms with Gasteiger partial charge in [-0.25, -0.2) is 8.78 Å². The Morgan fingerprint density at radius 2 is 1.36 bits per heavy atom. The molecule has 3 aromatic rings. The van der Waals surface area contributed by atoms with Crippen molar-refractivity contribution in [2.24, 2.45) is 5.92 Å². The molecule has 2 unspecified atom stereocenters. The Balaban J connectivity index is 1.32. The molecule has 1 fully saturated rings. The lowest BCUT2D eigenvalue weighted by molar-refractivity contribution is 0.0177. The van der Waals surface area contributed by atoms with E-state index in [0.29, 0.717) is 17.5 Å². The molecular formula is C29H29F2N3O2. The van der Waals surface area contributed by atoms with Crippen LogP contribution in [0.25, 0.3) is 0 Å². The smallest absolute Gasteiger partial charge is 0.262 e. The van der Waals surface area contributed by atoms with E-state index in [1.165, 1.54) is 29.2 Å². The van der Waals surface area contributed by atoms with Crippen molar-refractivity contribution in [3.8, 4) is 0 Å². The maximum atomic E-state index is 13.6. The number of hydrogen-bond donors (Lipinski definition) is 1. The molecule has 0 aliphatic carbocycles. The van der Waals surface area contributed by atoms with Gasteiger partial charge in [0.15, 0.2) is 0 Å². The highest BCUT2D eigenvalue weighted by atomic mass is 19.1. The van der Waals surface area contributed by atoms with Crippen molar-refractivity contribution in [1.29, 1.82) is 0 Å². The molecule has 0 spiro atoms. The molecule has 5 rings (SSSR count). The van der Waals surface area contributed by atoms with Gasteiger partial charge in [0.25, 0.3) is 11.8 Å². The van der Waals surface area contributed by atoms with Gasteiger partial charge in [-0.2, -0.15) is 0 Å². The molecule has 186 valence electrons. The SMILES string of the molecule is CCC(N1CCC(C(Nc2ccc(F)cc2)c2ccc(F)cc2)CC1)N1C(=O)c2ccccc2C1=O. The Kier molecular flexibility index (Phi) is 6.83. The molecule has 2 atom stereocenters. The summed E-state index contributed by atoms with van der Waals surface area (Å²) in [5.74, 6) is -0.818. The van der Waals surface area contributed by atoms with Gasteiger partial charge in [0.2, 0.25) is 0 Å². The topological polar surface area (TPSA) is 52.6 Å². The molecular weight excluding hydrogens is 460 g/mol. The third-order valence-electron chi connectivity index (χ3n) is 7.35. The van der Waals surface area contributed by atoms with E-state index in [1.807, 2.05) is 6.92 Å². The zero-order chi connectivity index (χ0) is 25.2. The molecule has 1 saturated heterocycles. The molecule has 2 aliphatic rings. The van der Waals surface area contributed by atoms with Crippen LogP contribution < -0.4 is 5.32 Å². The molecule has 5 nitrogen and oxygen atoms in total. The van der Waals surface area contributed by atoms with Gasteiger partial charge in [-0.1, -0.05) is 31.2 Å². The highest BCUT2D eigenvalue weighted by molar-refractivity contribution is 6.21. The second-order valence-electron chi connectivity index (χ2n) is 9.47. The van der Waals surface area contributed by atoms with Crippen molar-refractivity contribution in [3.05, 3.63) is 101 Å². The Hall–Kier alpha value is -3.58. The minimum atomic E-state index is -0.300. The number of halogens is 2. The van der Waals surface area contributed by atoms with E-state index in [4.69, 9.17) is 0 Å². The lowest BCUT2D eigenvalue weighted by atomic mass is 9.84. The van der Waals surface area contributed by atoms with Gasteiger partial charge in [-0.05, 0) is 79.3 Å². The number of likely N-dealkylation sites (tertiary alicyclic amines) is 1. The van der Waals surface area contributed by atoms with Crippen molar-refractivity contribution in [2.75, 3.05) is 18.4 Å². The number of carbonyl (C=O) groups is 2. The fourth-order valence-electron chi connectivity index (χ4n) is 5.50. The van der Waals surface area contributed by atoms with Gasteiger partial charge in [0.1, 0.15) is 11.6 Å². The molecule has 0 saturated carbocycles. The number of hydrogen-bond acceptors (Lipinski definition) is 4. The van der Waals surface area contributed by atoms with Gasteiger partial charge in [-0.3, -0.25) is 19.4 Å². The van der Waals surface area contributed by atoms with E-state index in [0.717, 1.165) is 37.2 Å². The molecule has 1 N–H and O–H groups in total. The van der Waals surface area contributed by atoms with Crippen LogP contribution in [0.3, 0.4) is 0 Å². The number of rotatable bonds is 7. The summed E-state index contributed by atoms with van der Waals surface area (Å²) in [6.07, 6.45) is 2.00. The molecule has 7 heteroatoms. The second-order valence-corrected chi connectivity index (χ2v) is 9.47. The van der Waals surface area contributed by atoms with Crippen LogP contribution in [-0.2, 0) is 0 Å². The van der Waals surface area contributed by atoms with Crippen molar-refractivity contribution in [1.82, 2.24) is 9.80 Å². The zero-order valence-electron chi connectivity index (χ0n) is 20.2. The van der Waals surface area contributed by atoms with Crippen LogP contribution in [-0.4, -0.2) is 40.9 Å².